The predicted octanol–water partition coefficient (Wildman–Crippen LogP) is 1.12. The Morgan fingerprint density at radius 3 is 2.32 bits per heavy atom. The zero-order valence-corrected chi connectivity index (χ0v) is 12.6. The second-order valence-electron chi connectivity index (χ2n) is 5.35. The minimum atomic E-state index is -0.162. The van der Waals surface area contributed by atoms with E-state index in [2.05, 4.69) is 15.6 Å². The van der Waals surface area contributed by atoms with Crippen LogP contribution in [0.4, 0.5) is 0 Å². The molecular formula is C13H30N6. The Balaban J connectivity index is 3.51. The lowest BCUT2D eigenvalue weighted by Crippen LogP contribution is -2.36. The summed E-state index contributed by atoms with van der Waals surface area (Å²) in [5, 5.41) is 13.4. The summed E-state index contributed by atoms with van der Waals surface area (Å²) >= 11 is 0. The van der Waals surface area contributed by atoms with E-state index in [0.29, 0.717) is 5.96 Å². The number of nitrogens with two attached hydrogens (primary N) is 2. The van der Waals surface area contributed by atoms with Gasteiger partial charge < -0.3 is 22.1 Å². The second kappa shape index (κ2) is 9.47. The Kier molecular flexibility index (Phi) is 8.74. The number of nitrogens with one attached hydrogen (secondary N) is 3. The lowest BCUT2D eigenvalue weighted by atomic mass is 9.97. The van der Waals surface area contributed by atoms with Gasteiger partial charge in [0.1, 0.15) is 0 Å². The first-order chi connectivity index (χ1) is 8.87. The van der Waals surface area contributed by atoms with Crippen LogP contribution >= 0.6 is 0 Å². The van der Waals surface area contributed by atoms with Crippen molar-refractivity contribution in [2.45, 2.75) is 58.4 Å². The van der Waals surface area contributed by atoms with Crippen molar-refractivity contribution in [3.63, 3.8) is 0 Å². The van der Waals surface area contributed by atoms with Crippen LogP contribution in [0.15, 0.2) is 4.99 Å². The molecule has 0 aliphatic heterocycles. The van der Waals surface area contributed by atoms with Gasteiger partial charge in [0.05, 0.1) is 5.54 Å². The van der Waals surface area contributed by atoms with E-state index in [1.807, 2.05) is 20.8 Å². The smallest absolute Gasteiger partial charge is 0.188 e. The Morgan fingerprint density at radius 2 is 1.74 bits per heavy atom. The van der Waals surface area contributed by atoms with Crippen molar-refractivity contribution in [1.82, 2.24) is 10.6 Å². The molecule has 19 heavy (non-hydrogen) atoms. The number of hydrogen-bond acceptors (Lipinski definition) is 2. The first kappa shape index (κ1) is 17.5. The summed E-state index contributed by atoms with van der Waals surface area (Å²) in [6.45, 7) is 7.71. The van der Waals surface area contributed by atoms with Gasteiger partial charge in [-0.2, -0.15) is 0 Å². The zero-order valence-electron chi connectivity index (χ0n) is 12.6. The topological polar surface area (TPSA) is 112 Å². The molecule has 0 aliphatic carbocycles. The molecule has 6 heteroatoms. The van der Waals surface area contributed by atoms with Gasteiger partial charge in [-0.15, -0.1) is 0 Å². The molecule has 0 aromatic rings. The molecule has 0 saturated carbocycles. The van der Waals surface area contributed by atoms with Crippen molar-refractivity contribution in [2.75, 3.05) is 13.1 Å². The van der Waals surface area contributed by atoms with Crippen LogP contribution in [0.1, 0.15) is 52.9 Å². The van der Waals surface area contributed by atoms with E-state index in [0.717, 1.165) is 38.8 Å². The molecule has 0 aromatic heterocycles. The average molecular weight is 270 g/mol. The summed E-state index contributed by atoms with van der Waals surface area (Å²) in [6.07, 6.45) is 5.51. The number of aliphatic imine (C=N–C) groups is 1. The van der Waals surface area contributed by atoms with Crippen LogP contribution in [-0.2, 0) is 0 Å². The highest BCUT2D eigenvalue weighted by Crippen LogP contribution is 2.18. The van der Waals surface area contributed by atoms with E-state index in [1.54, 1.807) is 0 Å². The van der Waals surface area contributed by atoms with Gasteiger partial charge in [0.2, 0.25) is 0 Å². The maximum atomic E-state index is 7.49. The van der Waals surface area contributed by atoms with Crippen molar-refractivity contribution in [1.29, 1.82) is 5.41 Å². The minimum absolute atomic E-state index is 0.162. The summed E-state index contributed by atoms with van der Waals surface area (Å²) in [7, 11) is 0. The van der Waals surface area contributed by atoms with E-state index >= 15 is 0 Å². The van der Waals surface area contributed by atoms with Gasteiger partial charge >= 0.3 is 0 Å². The van der Waals surface area contributed by atoms with E-state index < -0.39 is 0 Å². The largest absolute Gasteiger partial charge is 0.370 e. The zero-order chi connectivity index (χ0) is 14.7. The van der Waals surface area contributed by atoms with Crippen molar-refractivity contribution in [3.05, 3.63) is 0 Å². The Morgan fingerprint density at radius 1 is 1.11 bits per heavy atom. The summed E-state index contributed by atoms with van der Waals surface area (Å²) in [5.41, 5.74) is 10.6. The molecule has 0 rings (SSSR count). The molecule has 112 valence electrons. The summed E-state index contributed by atoms with van der Waals surface area (Å²) in [5.74, 6) is 0.576. The Bertz CT molecular complexity index is 281. The number of hydrogen-bond donors (Lipinski definition) is 5. The maximum absolute atomic E-state index is 7.49. The molecule has 0 heterocycles. The fourth-order valence-corrected chi connectivity index (χ4v) is 1.89. The van der Waals surface area contributed by atoms with Crippen LogP contribution in [0.5, 0.6) is 0 Å². The molecule has 0 unspecified atom stereocenters. The third-order valence-corrected chi connectivity index (χ3v) is 2.80. The first-order valence-electron chi connectivity index (χ1n) is 7.04. The van der Waals surface area contributed by atoms with Crippen molar-refractivity contribution in [2.24, 2.45) is 16.5 Å². The second-order valence-corrected chi connectivity index (χ2v) is 5.35. The molecule has 7 N–H and O–H groups in total. The van der Waals surface area contributed by atoms with Gasteiger partial charge in [0.15, 0.2) is 11.9 Å². The van der Waals surface area contributed by atoms with Crippen LogP contribution in [0, 0.1) is 5.41 Å². The highest BCUT2D eigenvalue weighted by atomic mass is 15.1. The van der Waals surface area contributed by atoms with E-state index in [-0.39, 0.29) is 11.5 Å². The average Bonchev–Trinajstić information content (AvgIpc) is 2.26. The van der Waals surface area contributed by atoms with Gasteiger partial charge in [-0.05, 0) is 33.6 Å². The molecule has 0 aliphatic rings. The molecular weight excluding hydrogens is 240 g/mol. The molecule has 0 fully saturated rings. The van der Waals surface area contributed by atoms with Crippen LogP contribution in [0.3, 0.4) is 0 Å². The van der Waals surface area contributed by atoms with Gasteiger partial charge in [-0.3, -0.25) is 5.41 Å². The summed E-state index contributed by atoms with van der Waals surface area (Å²) < 4.78 is 0. The normalized spacial score (nSPS) is 10.9. The number of guanidine groups is 2. The van der Waals surface area contributed by atoms with Gasteiger partial charge in [-0.1, -0.05) is 19.3 Å². The highest BCUT2D eigenvalue weighted by Gasteiger charge is 2.15. The van der Waals surface area contributed by atoms with Gasteiger partial charge in [-0.25, -0.2) is 4.99 Å². The van der Waals surface area contributed by atoms with Gasteiger partial charge in [0, 0.05) is 13.1 Å². The van der Waals surface area contributed by atoms with E-state index in [9.17, 15) is 0 Å². The molecule has 0 bridgehead atoms. The van der Waals surface area contributed by atoms with Crippen molar-refractivity contribution >= 4 is 11.9 Å². The quantitative estimate of drug-likeness (QED) is 0.245. The molecule has 0 spiro atoms. The number of rotatable bonds is 9. The van der Waals surface area contributed by atoms with E-state index in [4.69, 9.17) is 16.9 Å². The fraction of sp³-hybridized carbons (Fsp3) is 0.846. The molecule has 0 amide bonds. The molecule has 0 saturated heterocycles. The first-order valence-corrected chi connectivity index (χ1v) is 7.04. The Labute approximate surface area is 116 Å². The number of unbranched alkanes of at least 4 members (excludes halogenated alkanes) is 3. The number of nitrogens with zero attached hydrogens (tertiary/aromatic N) is 1. The lowest BCUT2D eigenvalue weighted by Gasteiger charge is -2.19. The summed E-state index contributed by atoms with van der Waals surface area (Å²) in [4.78, 5) is 4.21. The predicted molar refractivity (Wildman–Crippen MR) is 82.4 cm³/mol. The molecule has 6 nitrogen and oxygen atoms in total. The highest BCUT2D eigenvalue weighted by molar-refractivity contribution is 5.76. The van der Waals surface area contributed by atoms with Crippen LogP contribution in [0.2, 0.25) is 0 Å². The molecule has 0 radical (unpaired) electrons. The van der Waals surface area contributed by atoms with E-state index in [1.165, 1.54) is 6.42 Å². The SMILES string of the molecule is CCNC(=N)NCCCCCCC(C)(C)N=C(N)N. The maximum Gasteiger partial charge on any atom is 0.188 e. The third kappa shape index (κ3) is 11.4. The van der Waals surface area contributed by atoms with Crippen LogP contribution in [-0.4, -0.2) is 30.5 Å². The summed E-state index contributed by atoms with van der Waals surface area (Å²) in [6, 6.07) is 0. The third-order valence-electron chi connectivity index (χ3n) is 2.80. The standard InChI is InChI=1S/C13H30N6/c1-4-17-12(16)18-10-8-6-5-7-9-13(2,3)19-11(14)15/h4-10H2,1-3H3,(H4,14,15,19)(H3,16,17,18). The lowest BCUT2D eigenvalue weighted by molar-refractivity contribution is 0.445. The van der Waals surface area contributed by atoms with Crippen molar-refractivity contribution < 1.29 is 0 Å². The van der Waals surface area contributed by atoms with Crippen molar-refractivity contribution in [3.8, 4) is 0 Å². The monoisotopic (exact) mass is 270 g/mol. The Hall–Kier alpha value is -1.46. The molecule has 0 aromatic carbocycles. The fourth-order valence-electron chi connectivity index (χ4n) is 1.89. The van der Waals surface area contributed by atoms with Crippen LogP contribution in [0.25, 0.3) is 0 Å². The minimum Gasteiger partial charge on any atom is -0.370 e. The van der Waals surface area contributed by atoms with Crippen LogP contribution < -0.4 is 22.1 Å². The van der Waals surface area contributed by atoms with Gasteiger partial charge in [0.25, 0.3) is 0 Å². The molecule has 0 atom stereocenters.